The van der Waals surface area contributed by atoms with Gasteiger partial charge in [-0.2, -0.15) is 0 Å². The molecule has 1 aliphatic heterocycles. The Morgan fingerprint density at radius 2 is 2.12 bits per heavy atom. The van der Waals surface area contributed by atoms with Crippen LogP contribution in [0, 0.1) is 0 Å². The molecule has 2 amide bonds. The molecule has 5 nitrogen and oxygen atoms in total. The Morgan fingerprint density at radius 3 is 2.65 bits per heavy atom. The lowest BCUT2D eigenvalue weighted by atomic mass is 10.1. The molecule has 6 heteroatoms. The van der Waals surface area contributed by atoms with E-state index in [-0.39, 0.29) is 5.91 Å². The van der Waals surface area contributed by atoms with E-state index in [4.69, 9.17) is 4.74 Å². The summed E-state index contributed by atoms with van der Waals surface area (Å²) < 4.78 is 5.03. The fourth-order valence-electron chi connectivity index (χ4n) is 1.58. The van der Waals surface area contributed by atoms with Crippen LogP contribution in [0.3, 0.4) is 0 Å². The third kappa shape index (κ3) is 1.88. The highest BCUT2D eigenvalue weighted by atomic mass is 32.2. The second kappa shape index (κ2) is 4.03. The molecule has 1 saturated heterocycles. The number of nitrogens with zero attached hydrogens (tertiary/aromatic N) is 2. The summed E-state index contributed by atoms with van der Waals surface area (Å²) in [5.74, 6) is -0.370. The standard InChI is InChI=1S/C11H12N2O3S/c1-11(2)9(14)13(10(15)16-11)7-6-12-5-4-8(7)17-3/h4-6H,1-3H3. The molecule has 0 saturated carbocycles. The Labute approximate surface area is 103 Å². The Hall–Kier alpha value is -1.56. The molecule has 90 valence electrons. The van der Waals surface area contributed by atoms with E-state index in [9.17, 15) is 9.59 Å². The van der Waals surface area contributed by atoms with Gasteiger partial charge in [-0.05, 0) is 26.2 Å². The average Bonchev–Trinajstić information content (AvgIpc) is 2.48. The van der Waals surface area contributed by atoms with Crippen molar-refractivity contribution in [2.45, 2.75) is 24.3 Å². The van der Waals surface area contributed by atoms with Crippen LogP contribution >= 0.6 is 11.8 Å². The van der Waals surface area contributed by atoms with E-state index in [1.807, 2.05) is 6.26 Å². The molecule has 0 unspecified atom stereocenters. The molecule has 1 fully saturated rings. The normalized spacial score (nSPS) is 18.4. The van der Waals surface area contributed by atoms with E-state index in [2.05, 4.69) is 4.98 Å². The Morgan fingerprint density at radius 1 is 1.41 bits per heavy atom. The average molecular weight is 252 g/mol. The third-order valence-electron chi connectivity index (χ3n) is 2.47. The van der Waals surface area contributed by atoms with Crippen molar-refractivity contribution in [3.05, 3.63) is 18.5 Å². The van der Waals surface area contributed by atoms with E-state index in [0.717, 1.165) is 9.80 Å². The van der Waals surface area contributed by atoms with Crippen LogP contribution < -0.4 is 4.90 Å². The summed E-state index contributed by atoms with van der Waals surface area (Å²) in [4.78, 5) is 29.6. The lowest BCUT2D eigenvalue weighted by Gasteiger charge is -2.15. The monoisotopic (exact) mass is 252 g/mol. The van der Waals surface area contributed by atoms with Crippen molar-refractivity contribution in [3.8, 4) is 0 Å². The zero-order valence-electron chi connectivity index (χ0n) is 9.76. The number of rotatable bonds is 2. The van der Waals surface area contributed by atoms with Crippen molar-refractivity contribution in [3.63, 3.8) is 0 Å². The van der Waals surface area contributed by atoms with Crippen molar-refractivity contribution in [1.82, 2.24) is 4.98 Å². The minimum Gasteiger partial charge on any atom is -0.433 e. The molecular weight excluding hydrogens is 240 g/mol. The van der Waals surface area contributed by atoms with Crippen LogP contribution in [0.25, 0.3) is 0 Å². The van der Waals surface area contributed by atoms with E-state index < -0.39 is 11.7 Å². The molecule has 1 aromatic rings. The van der Waals surface area contributed by atoms with Gasteiger partial charge in [0.2, 0.25) is 0 Å². The number of hydrogen-bond donors (Lipinski definition) is 0. The largest absolute Gasteiger partial charge is 0.433 e. The number of cyclic esters (lactones) is 1. The predicted molar refractivity (Wildman–Crippen MR) is 64.1 cm³/mol. The maximum absolute atomic E-state index is 12.0. The molecule has 0 spiro atoms. The maximum atomic E-state index is 12.0. The summed E-state index contributed by atoms with van der Waals surface area (Å²) in [6.07, 6.45) is 4.33. The van der Waals surface area contributed by atoms with Crippen LogP contribution in [0.15, 0.2) is 23.4 Å². The highest BCUT2D eigenvalue weighted by Crippen LogP contribution is 2.34. The van der Waals surface area contributed by atoms with E-state index in [1.165, 1.54) is 18.0 Å². The van der Waals surface area contributed by atoms with Crippen molar-refractivity contribution in [2.75, 3.05) is 11.2 Å². The quantitative estimate of drug-likeness (QED) is 0.754. The number of hydrogen-bond acceptors (Lipinski definition) is 5. The van der Waals surface area contributed by atoms with E-state index in [0.29, 0.717) is 5.69 Å². The van der Waals surface area contributed by atoms with Gasteiger partial charge >= 0.3 is 6.09 Å². The third-order valence-corrected chi connectivity index (χ3v) is 3.25. The zero-order chi connectivity index (χ0) is 12.6. The molecule has 0 bridgehead atoms. The molecule has 0 aromatic carbocycles. The number of imide groups is 1. The molecular formula is C11H12N2O3S. The predicted octanol–water partition coefficient (Wildman–Crippen LogP) is 2.07. The summed E-state index contributed by atoms with van der Waals surface area (Å²) >= 11 is 1.44. The smallest absolute Gasteiger partial charge is 0.422 e. The second-order valence-electron chi connectivity index (χ2n) is 4.07. The summed E-state index contributed by atoms with van der Waals surface area (Å²) in [7, 11) is 0. The molecule has 0 radical (unpaired) electrons. The number of carbonyl (C=O) groups excluding carboxylic acids is 2. The van der Waals surface area contributed by atoms with Crippen LogP contribution in [-0.2, 0) is 9.53 Å². The SMILES string of the molecule is CSc1ccncc1N1C(=O)OC(C)(C)C1=O. The van der Waals surface area contributed by atoms with Crippen LogP contribution in [-0.4, -0.2) is 28.8 Å². The lowest BCUT2D eigenvalue weighted by Crippen LogP contribution is -2.36. The van der Waals surface area contributed by atoms with Crippen LogP contribution in [0.2, 0.25) is 0 Å². The van der Waals surface area contributed by atoms with Crippen molar-refractivity contribution >= 4 is 29.4 Å². The minimum atomic E-state index is -1.11. The van der Waals surface area contributed by atoms with Gasteiger partial charge in [-0.1, -0.05) is 0 Å². The van der Waals surface area contributed by atoms with Gasteiger partial charge in [-0.3, -0.25) is 9.78 Å². The number of ether oxygens (including phenoxy) is 1. The topological polar surface area (TPSA) is 59.5 Å². The number of thioether (sulfide) groups is 1. The number of anilines is 1. The fourth-order valence-corrected chi connectivity index (χ4v) is 2.13. The lowest BCUT2D eigenvalue weighted by molar-refractivity contribution is -0.127. The van der Waals surface area contributed by atoms with Gasteiger partial charge < -0.3 is 4.74 Å². The first-order valence-electron chi connectivity index (χ1n) is 5.03. The van der Waals surface area contributed by atoms with Gasteiger partial charge in [-0.15, -0.1) is 11.8 Å². The van der Waals surface area contributed by atoms with Crippen LogP contribution in [0.4, 0.5) is 10.5 Å². The summed E-state index contributed by atoms with van der Waals surface area (Å²) in [6, 6.07) is 1.76. The van der Waals surface area contributed by atoms with Crippen LogP contribution in [0.5, 0.6) is 0 Å². The minimum absolute atomic E-state index is 0.370. The number of carbonyl (C=O) groups is 2. The van der Waals surface area contributed by atoms with Crippen molar-refractivity contribution in [1.29, 1.82) is 0 Å². The van der Waals surface area contributed by atoms with E-state index in [1.54, 1.807) is 26.1 Å². The van der Waals surface area contributed by atoms with Gasteiger partial charge in [-0.25, -0.2) is 9.69 Å². The zero-order valence-corrected chi connectivity index (χ0v) is 10.6. The number of amides is 2. The first kappa shape index (κ1) is 11.9. The second-order valence-corrected chi connectivity index (χ2v) is 4.91. The molecule has 2 rings (SSSR count). The van der Waals surface area contributed by atoms with Gasteiger partial charge in [0, 0.05) is 11.1 Å². The summed E-state index contributed by atoms with van der Waals surface area (Å²) in [6.45, 7) is 3.14. The first-order chi connectivity index (χ1) is 7.97. The van der Waals surface area contributed by atoms with Gasteiger partial charge in [0.05, 0.1) is 11.9 Å². The highest BCUT2D eigenvalue weighted by Gasteiger charge is 2.48. The summed E-state index contributed by atoms with van der Waals surface area (Å²) in [5, 5.41) is 0. The summed E-state index contributed by atoms with van der Waals surface area (Å²) in [5.41, 5.74) is -0.636. The molecule has 17 heavy (non-hydrogen) atoms. The molecule has 1 aromatic heterocycles. The Balaban J connectivity index is 2.47. The first-order valence-corrected chi connectivity index (χ1v) is 6.25. The fraction of sp³-hybridized carbons (Fsp3) is 0.364. The highest BCUT2D eigenvalue weighted by molar-refractivity contribution is 7.98. The Kier molecular flexibility index (Phi) is 2.82. The number of aromatic nitrogens is 1. The van der Waals surface area contributed by atoms with Crippen LogP contribution in [0.1, 0.15) is 13.8 Å². The Bertz CT molecular complexity index is 487. The molecule has 2 heterocycles. The molecule has 0 aliphatic carbocycles. The number of pyridine rings is 1. The van der Waals surface area contributed by atoms with Gasteiger partial charge in [0.1, 0.15) is 0 Å². The van der Waals surface area contributed by atoms with Gasteiger partial charge in [0.15, 0.2) is 5.60 Å². The van der Waals surface area contributed by atoms with Gasteiger partial charge in [0.25, 0.3) is 5.91 Å². The molecule has 1 aliphatic rings. The van der Waals surface area contributed by atoms with E-state index >= 15 is 0 Å². The van der Waals surface area contributed by atoms with Crippen molar-refractivity contribution < 1.29 is 14.3 Å². The molecule has 0 atom stereocenters. The molecule has 0 N–H and O–H groups in total. The van der Waals surface area contributed by atoms with Crippen molar-refractivity contribution in [2.24, 2.45) is 0 Å². The maximum Gasteiger partial charge on any atom is 0.422 e.